The summed E-state index contributed by atoms with van der Waals surface area (Å²) in [6.45, 7) is 0. The van der Waals surface area contributed by atoms with Crippen molar-refractivity contribution in [2.24, 2.45) is 0 Å². The zero-order valence-corrected chi connectivity index (χ0v) is 20.7. The van der Waals surface area contributed by atoms with Crippen molar-refractivity contribution in [1.82, 2.24) is 9.97 Å². The zero-order chi connectivity index (χ0) is 24.3. The van der Waals surface area contributed by atoms with E-state index in [-0.39, 0.29) is 0 Å². The van der Waals surface area contributed by atoms with E-state index < -0.39 is 0 Å². The van der Waals surface area contributed by atoms with Crippen LogP contribution < -0.4 is 0 Å². The summed E-state index contributed by atoms with van der Waals surface area (Å²) in [7, 11) is 0. The molecule has 172 valence electrons. The normalized spacial score (nSPS) is 11.8. The lowest BCUT2D eigenvalue weighted by Crippen LogP contribution is -1.96. The van der Waals surface area contributed by atoms with E-state index in [1.807, 2.05) is 17.4 Å². The van der Waals surface area contributed by atoms with Gasteiger partial charge in [0.25, 0.3) is 0 Å². The molecule has 0 saturated heterocycles. The van der Waals surface area contributed by atoms with Crippen molar-refractivity contribution in [3.63, 3.8) is 0 Å². The monoisotopic (exact) mass is 488 g/mol. The predicted molar refractivity (Wildman–Crippen MR) is 158 cm³/mol. The van der Waals surface area contributed by atoms with Crippen LogP contribution >= 0.6 is 11.3 Å². The molecule has 0 N–H and O–H groups in total. The van der Waals surface area contributed by atoms with Gasteiger partial charge in [0, 0.05) is 42.1 Å². The Balaban J connectivity index is 1.47. The van der Waals surface area contributed by atoms with Gasteiger partial charge in [0.2, 0.25) is 0 Å². The Bertz CT molecular complexity index is 2140. The molecule has 0 bridgehead atoms. The highest BCUT2D eigenvalue weighted by atomic mass is 32.1. The highest BCUT2D eigenvalue weighted by Gasteiger charge is 2.16. The van der Waals surface area contributed by atoms with Gasteiger partial charge < -0.3 is 0 Å². The van der Waals surface area contributed by atoms with Crippen molar-refractivity contribution >= 4 is 64.0 Å². The fraction of sp³-hybridized carbons (Fsp3) is 0. The van der Waals surface area contributed by atoms with Crippen LogP contribution in [-0.4, -0.2) is 9.97 Å². The molecule has 0 spiro atoms. The van der Waals surface area contributed by atoms with Gasteiger partial charge in [0.05, 0.1) is 11.2 Å². The molecule has 8 rings (SSSR count). The van der Waals surface area contributed by atoms with E-state index in [2.05, 4.69) is 115 Å². The van der Waals surface area contributed by atoms with Crippen LogP contribution in [0.5, 0.6) is 0 Å². The average Bonchev–Trinajstić information content (AvgIpc) is 3.33. The molecular weight excluding hydrogens is 468 g/mol. The second-order valence-corrected chi connectivity index (χ2v) is 10.5. The van der Waals surface area contributed by atoms with Gasteiger partial charge in [-0.15, -0.1) is 11.3 Å². The number of fused-ring (bicyclic) bond motifs is 7. The maximum atomic E-state index is 5.23. The summed E-state index contributed by atoms with van der Waals surface area (Å²) in [5.74, 6) is 0.758. The molecule has 0 aliphatic carbocycles. The molecule has 0 saturated carbocycles. The topological polar surface area (TPSA) is 25.8 Å². The van der Waals surface area contributed by atoms with Gasteiger partial charge in [-0.1, -0.05) is 97.1 Å². The van der Waals surface area contributed by atoms with E-state index in [1.54, 1.807) is 0 Å². The average molecular weight is 489 g/mol. The van der Waals surface area contributed by atoms with Crippen LogP contribution in [0.25, 0.3) is 75.3 Å². The maximum absolute atomic E-state index is 5.23. The van der Waals surface area contributed by atoms with Crippen molar-refractivity contribution < 1.29 is 0 Å². The van der Waals surface area contributed by atoms with E-state index in [4.69, 9.17) is 9.97 Å². The fourth-order valence-corrected chi connectivity index (χ4v) is 6.62. The van der Waals surface area contributed by atoms with E-state index >= 15 is 0 Å². The first-order valence-corrected chi connectivity index (χ1v) is 13.2. The second kappa shape index (κ2) is 7.95. The molecular formula is C34H20N2S. The van der Waals surface area contributed by atoms with E-state index in [9.17, 15) is 0 Å². The molecule has 0 radical (unpaired) electrons. The van der Waals surface area contributed by atoms with Crippen molar-refractivity contribution in [2.75, 3.05) is 0 Å². The molecule has 8 aromatic rings. The van der Waals surface area contributed by atoms with Crippen LogP contribution in [0.3, 0.4) is 0 Å². The highest BCUT2D eigenvalue weighted by Crippen LogP contribution is 2.40. The third-order valence-electron chi connectivity index (χ3n) is 7.26. The summed E-state index contributed by atoms with van der Waals surface area (Å²) >= 11 is 1.84. The Morgan fingerprint density at radius 2 is 1.24 bits per heavy atom. The predicted octanol–water partition coefficient (Wildman–Crippen LogP) is 9.64. The Morgan fingerprint density at radius 3 is 2.16 bits per heavy atom. The number of benzene rings is 6. The molecule has 37 heavy (non-hydrogen) atoms. The van der Waals surface area contributed by atoms with Crippen molar-refractivity contribution in [2.45, 2.75) is 0 Å². The van der Waals surface area contributed by atoms with Gasteiger partial charge in [0.15, 0.2) is 5.82 Å². The third-order valence-corrected chi connectivity index (χ3v) is 8.39. The summed E-state index contributed by atoms with van der Waals surface area (Å²) in [6, 6.07) is 43.0. The first-order chi connectivity index (χ1) is 18.3. The van der Waals surface area contributed by atoms with Crippen LogP contribution in [0.1, 0.15) is 0 Å². The lowest BCUT2D eigenvalue weighted by Gasteiger charge is -2.13. The van der Waals surface area contributed by atoms with Gasteiger partial charge >= 0.3 is 0 Å². The van der Waals surface area contributed by atoms with Crippen LogP contribution in [-0.2, 0) is 0 Å². The second-order valence-electron chi connectivity index (χ2n) is 9.42. The van der Waals surface area contributed by atoms with Crippen LogP contribution in [0.2, 0.25) is 0 Å². The summed E-state index contributed by atoms with van der Waals surface area (Å²) < 4.78 is 2.60. The number of rotatable bonds is 2. The Kier molecular flexibility index (Phi) is 4.42. The first-order valence-electron chi connectivity index (χ1n) is 12.4. The molecule has 2 heterocycles. The summed E-state index contributed by atoms with van der Waals surface area (Å²) in [5.41, 5.74) is 4.11. The van der Waals surface area contributed by atoms with Gasteiger partial charge in [-0.05, 0) is 40.4 Å². The number of hydrogen-bond donors (Lipinski definition) is 0. The molecule has 0 aliphatic heterocycles. The van der Waals surface area contributed by atoms with Gasteiger partial charge in [-0.2, -0.15) is 0 Å². The van der Waals surface area contributed by atoms with Gasteiger partial charge in [-0.25, -0.2) is 9.97 Å². The molecule has 6 aromatic carbocycles. The number of thiophene rings is 1. The van der Waals surface area contributed by atoms with Crippen LogP contribution in [0.15, 0.2) is 121 Å². The molecule has 0 fully saturated rings. The minimum Gasteiger partial charge on any atom is -0.227 e. The fourth-order valence-electron chi connectivity index (χ4n) is 5.49. The van der Waals surface area contributed by atoms with Crippen LogP contribution in [0.4, 0.5) is 0 Å². The Labute approximate surface area is 217 Å². The molecule has 0 amide bonds. The highest BCUT2D eigenvalue weighted by molar-refractivity contribution is 7.25. The minimum atomic E-state index is 0.758. The third kappa shape index (κ3) is 3.18. The van der Waals surface area contributed by atoms with Gasteiger partial charge in [-0.3, -0.25) is 0 Å². The quantitative estimate of drug-likeness (QED) is 0.226. The largest absolute Gasteiger partial charge is 0.227 e. The number of hydrogen-bond acceptors (Lipinski definition) is 3. The Hall–Kier alpha value is -4.60. The molecule has 0 aliphatic rings. The Morgan fingerprint density at radius 1 is 0.459 bits per heavy atom. The maximum Gasteiger partial charge on any atom is 0.161 e. The van der Waals surface area contributed by atoms with Crippen molar-refractivity contribution in [1.29, 1.82) is 0 Å². The number of aromatic nitrogens is 2. The van der Waals surface area contributed by atoms with Crippen molar-refractivity contribution in [3.05, 3.63) is 121 Å². The minimum absolute atomic E-state index is 0.758. The zero-order valence-electron chi connectivity index (χ0n) is 19.8. The lowest BCUT2D eigenvalue weighted by molar-refractivity contribution is 1.24. The van der Waals surface area contributed by atoms with Crippen molar-refractivity contribution in [3.8, 4) is 22.6 Å². The summed E-state index contributed by atoms with van der Waals surface area (Å²) in [5, 5.41) is 8.41. The number of nitrogens with zero attached hydrogens (tertiary/aromatic N) is 2. The van der Waals surface area contributed by atoms with E-state index in [0.717, 1.165) is 38.9 Å². The summed E-state index contributed by atoms with van der Waals surface area (Å²) in [4.78, 5) is 10.4. The lowest BCUT2D eigenvalue weighted by atomic mass is 9.99. The first kappa shape index (κ1) is 20.6. The van der Waals surface area contributed by atoms with Crippen LogP contribution in [0, 0.1) is 0 Å². The van der Waals surface area contributed by atoms with E-state index in [0.29, 0.717) is 0 Å². The molecule has 0 unspecified atom stereocenters. The SMILES string of the molecule is c1ccc(-c2nc(-c3cccc4cc5c(cc34)sc3ccccc35)nc3c2ccc2ccccc23)cc1. The molecule has 3 heteroatoms. The molecule has 2 aromatic heterocycles. The van der Waals surface area contributed by atoms with E-state index in [1.165, 1.54) is 36.3 Å². The smallest absolute Gasteiger partial charge is 0.161 e. The molecule has 0 atom stereocenters. The standard InChI is InChI=1S/C34H20N2S/c1-2-10-22(11-3-1)32-27-18-17-21-9-4-5-13-24(21)33(27)36-34(35-32)26-15-8-12-23-19-29-25-14-6-7-16-30(25)37-31(29)20-28(23)26/h1-20H. The van der Waals surface area contributed by atoms with Gasteiger partial charge in [0.1, 0.15) is 0 Å². The molecule has 2 nitrogen and oxygen atoms in total. The summed E-state index contributed by atoms with van der Waals surface area (Å²) in [6.07, 6.45) is 0.